The predicted molar refractivity (Wildman–Crippen MR) is 77.8 cm³/mol. The summed E-state index contributed by atoms with van der Waals surface area (Å²) < 4.78 is 10.8. The number of nitrogens with two attached hydrogens (primary N) is 1. The van der Waals surface area contributed by atoms with Crippen molar-refractivity contribution in [2.45, 2.75) is 25.8 Å². The first-order valence-electron chi connectivity index (χ1n) is 5.90. The van der Waals surface area contributed by atoms with E-state index in [-0.39, 0.29) is 18.4 Å². The van der Waals surface area contributed by atoms with E-state index in [0.717, 1.165) is 29.9 Å². The number of ether oxygens (including phenoxy) is 2. The lowest BCUT2D eigenvalue weighted by atomic mass is 10.0. The summed E-state index contributed by atoms with van der Waals surface area (Å²) in [6.45, 7) is 6.27. The Morgan fingerprint density at radius 3 is 2.67 bits per heavy atom. The number of hydrogen-bond acceptors (Lipinski definition) is 3. The molecule has 0 amide bonds. The van der Waals surface area contributed by atoms with E-state index in [1.807, 2.05) is 31.2 Å². The lowest BCUT2D eigenvalue weighted by molar-refractivity contribution is 0.310. The zero-order valence-corrected chi connectivity index (χ0v) is 11.8. The van der Waals surface area contributed by atoms with Crippen molar-refractivity contribution in [1.29, 1.82) is 0 Å². The third-order valence-corrected chi connectivity index (χ3v) is 2.60. The number of methoxy groups -OCH3 is 1. The maximum atomic E-state index is 6.08. The van der Waals surface area contributed by atoms with E-state index < -0.39 is 0 Å². The Labute approximate surface area is 115 Å². The van der Waals surface area contributed by atoms with Crippen molar-refractivity contribution < 1.29 is 9.47 Å². The van der Waals surface area contributed by atoms with Crippen molar-refractivity contribution >= 4 is 12.4 Å². The third kappa shape index (κ3) is 4.59. The Hall–Kier alpha value is -1.19. The monoisotopic (exact) mass is 271 g/mol. The predicted octanol–water partition coefficient (Wildman–Crippen LogP) is 3.48. The molecule has 0 fully saturated rings. The van der Waals surface area contributed by atoms with Crippen LogP contribution in [0.3, 0.4) is 0 Å². The minimum absolute atomic E-state index is 0. The lowest BCUT2D eigenvalue weighted by Crippen LogP contribution is -2.10. The molecule has 0 aliphatic heterocycles. The Bertz CT molecular complexity index is 369. The first-order valence-corrected chi connectivity index (χ1v) is 5.90. The van der Waals surface area contributed by atoms with Gasteiger partial charge in [0.25, 0.3) is 0 Å². The maximum absolute atomic E-state index is 6.08. The quantitative estimate of drug-likeness (QED) is 0.772. The molecule has 0 saturated heterocycles. The van der Waals surface area contributed by atoms with Crippen molar-refractivity contribution in [2.24, 2.45) is 5.73 Å². The SMILES string of the molecule is C=CCC[C@H](N)c1ccc(OCC)c(OC)c1.Cl. The molecule has 102 valence electrons. The highest BCUT2D eigenvalue weighted by Crippen LogP contribution is 2.30. The molecule has 0 bridgehead atoms. The number of allylic oxidation sites excluding steroid dienone is 1. The van der Waals surface area contributed by atoms with E-state index in [1.54, 1.807) is 7.11 Å². The third-order valence-electron chi connectivity index (χ3n) is 2.60. The molecule has 18 heavy (non-hydrogen) atoms. The Morgan fingerprint density at radius 2 is 2.11 bits per heavy atom. The van der Waals surface area contributed by atoms with Gasteiger partial charge in [0.15, 0.2) is 11.5 Å². The van der Waals surface area contributed by atoms with E-state index in [0.29, 0.717) is 6.61 Å². The zero-order valence-electron chi connectivity index (χ0n) is 11.0. The van der Waals surface area contributed by atoms with Crippen LogP contribution in [0.25, 0.3) is 0 Å². The van der Waals surface area contributed by atoms with Gasteiger partial charge in [-0.05, 0) is 37.5 Å². The van der Waals surface area contributed by atoms with E-state index in [9.17, 15) is 0 Å². The molecule has 0 saturated carbocycles. The first-order chi connectivity index (χ1) is 8.22. The Balaban J connectivity index is 0.00000289. The van der Waals surface area contributed by atoms with E-state index in [1.165, 1.54) is 0 Å². The molecule has 0 aliphatic carbocycles. The molecule has 2 N–H and O–H groups in total. The van der Waals surface area contributed by atoms with Gasteiger partial charge in [-0.15, -0.1) is 19.0 Å². The smallest absolute Gasteiger partial charge is 0.161 e. The van der Waals surface area contributed by atoms with Crippen LogP contribution in [0.4, 0.5) is 0 Å². The Morgan fingerprint density at radius 1 is 1.39 bits per heavy atom. The van der Waals surface area contributed by atoms with E-state index >= 15 is 0 Å². The van der Waals surface area contributed by atoms with Gasteiger partial charge in [-0.3, -0.25) is 0 Å². The van der Waals surface area contributed by atoms with Crippen molar-refractivity contribution in [3.05, 3.63) is 36.4 Å². The van der Waals surface area contributed by atoms with Crippen molar-refractivity contribution in [3.63, 3.8) is 0 Å². The molecule has 0 heterocycles. The summed E-state index contributed by atoms with van der Waals surface area (Å²) in [7, 11) is 1.64. The summed E-state index contributed by atoms with van der Waals surface area (Å²) in [4.78, 5) is 0. The number of rotatable bonds is 7. The minimum atomic E-state index is 0. The summed E-state index contributed by atoms with van der Waals surface area (Å²) in [6.07, 6.45) is 3.68. The topological polar surface area (TPSA) is 44.5 Å². The van der Waals surface area contributed by atoms with Gasteiger partial charge >= 0.3 is 0 Å². The second kappa shape index (κ2) is 8.84. The summed E-state index contributed by atoms with van der Waals surface area (Å²) in [5, 5.41) is 0. The van der Waals surface area contributed by atoms with Crippen LogP contribution in [0.1, 0.15) is 31.4 Å². The molecular formula is C14H22ClNO2. The normalized spacial score (nSPS) is 11.3. The average Bonchev–Trinajstić information content (AvgIpc) is 2.36. The number of hydrogen-bond donors (Lipinski definition) is 1. The van der Waals surface area contributed by atoms with Crippen molar-refractivity contribution in [1.82, 2.24) is 0 Å². The maximum Gasteiger partial charge on any atom is 0.161 e. The van der Waals surface area contributed by atoms with Gasteiger partial charge in [-0.25, -0.2) is 0 Å². The standard InChI is InChI=1S/C14H21NO2.ClH/c1-4-6-7-12(15)11-8-9-13(17-5-2)14(10-11)16-3;/h4,8-10,12H,1,5-7,15H2,2-3H3;1H/t12-;/m0./s1. The van der Waals surface area contributed by atoms with Gasteiger partial charge in [0, 0.05) is 6.04 Å². The molecule has 1 aromatic carbocycles. The fraction of sp³-hybridized carbons (Fsp3) is 0.429. The van der Waals surface area contributed by atoms with Crippen LogP contribution in [0, 0.1) is 0 Å². The second-order valence-corrected chi connectivity index (χ2v) is 3.82. The summed E-state index contributed by atoms with van der Waals surface area (Å²) >= 11 is 0. The molecule has 1 atom stereocenters. The molecule has 4 heteroatoms. The molecular weight excluding hydrogens is 250 g/mol. The summed E-state index contributed by atoms with van der Waals surface area (Å²) in [6, 6.07) is 5.85. The van der Waals surface area contributed by atoms with Gasteiger partial charge in [0.1, 0.15) is 0 Å². The van der Waals surface area contributed by atoms with E-state index in [2.05, 4.69) is 6.58 Å². The van der Waals surface area contributed by atoms with Crippen LogP contribution < -0.4 is 15.2 Å². The van der Waals surface area contributed by atoms with Gasteiger partial charge < -0.3 is 15.2 Å². The van der Waals surface area contributed by atoms with Crippen molar-refractivity contribution in [3.8, 4) is 11.5 Å². The fourth-order valence-corrected chi connectivity index (χ4v) is 1.65. The molecule has 0 unspecified atom stereocenters. The van der Waals surface area contributed by atoms with Crippen molar-refractivity contribution in [2.75, 3.05) is 13.7 Å². The molecule has 1 rings (SSSR count). The summed E-state index contributed by atoms with van der Waals surface area (Å²) in [5.74, 6) is 1.49. The van der Waals surface area contributed by atoms with Gasteiger partial charge in [-0.2, -0.15) is 0 Å². The molecule has 0 radical (unpaired) electrons. The highest BCUT2D eigenvalue weighted by Gasteiger charge is 2.10. The largest absolute Gasteiger partial charge is 0.493 e. The molecule has 0 aromatic heterocycles. The first kappa shape index (κ1) is 16.8. The zero-order chi connectivity index (χ0) is 12.7. The molecule has 1 aromatic rings. The second-order valence-electron chi connectivity index (χ2n) is 3.82. The lowest BCUT2D eigenvalue weighted by Gasteiger charge is -2.14. The van der Waals surface area contributed by atoms with Crippen LogP contribution in [0.2, 0.25) is 0 Å². The van der Waals surface area contributed by atoms with Gasteiger partial charge in [-0.1, -0.05) is 12.1 Å². The van der Waals surface area contributed by atoms with Crippen LogP contribution in [0.5, 0.6) is 11.5 Å². The van der Waals surface area contributed by atoms with Gasteiger partial charge in [0.05, 0.1) is 13.7 Å². The highest BCUT2D eigenvalue weighted by molar-refractivity contribution is 5.85. The van der Waals surface area contributed by atoms with Gasteiger partial charge in [0.2, 0.25) is 0 Å². The number of benzene rings is 1. The fourth-order valence-electron chi connectivity index (χ4n) is 1.65. The Kier molecular flexibility index (Phi) is 8.25. The molecule has 0 aliphatic rings. The summed E-state index contributed by atoms with van der Waals surface area (Å²) in [5.41, 5.74) is 7.15. The number of halogens is 1. The molecule has 3 nitrogen and oxygen atoms in total. The van der Waals surface area contributed by atoms with Crippen LogP contribution in [-0.2, 0) is 0 Å². The van der Waals surface area contributed by atoms with Crippen LogP contribution in [-0.4, -0.2) is 13.7 Å². The van der Waals surface area contributed by atoms with Crippen LogP contribution in [0.15, 0.2) is 30.9 Å². The highest BCUT2D eigenvalue weighted by atomic mass is 35.5. The van der Waals surface area contributed by atoms with Crippen LogP contribution >= 0.6 is 12.4 Å². The minimum Gasteiger partial charge on any atom is -0.493 e. The molecule has 0 spiro atoms. The average molecular weight is 272 g/mol. The van der Waals surface area contributed by atoms with E-state index in [4.69, 9.17) is 15.2 Å².